The fraction of sp³-hybridized carbons (Fsp3) is 0.192. The van der Waals surface area contributed by atoms with Crippen LogP contribution in [-0.2, 0) is 4.79 Å². The minimum absolute atomic E-state index is 0.290. The average Bonchev–Trinajstić information content (AvgIpc) is 3.09. The number of hydrazone groups is 1. The summed E-state index contributed by atoms with van der Waals surface area (Å²) in [5, 5.41) is 2.82. The highest BCUT2D eigenvalue weighted by Crippen LogP contribution is 2.25. The number of rotatable bonds is 5. The molecule has 162 valence electrons. The van der Waals surface area contributed by atoms with E-state index in [1.807, 2.05) is 48.7 Å². The van der Waals surface area contributed by atoms with Gasteiger partial charge in [-0.1, -0.05) is 56.3 Å². The van der Waals surface area contributed by atoms with E-state index in [0.717, 1.165) is 11.1 Å². The Morgan fingerprint density at radius 2 is 1.66 bits per heavy atom. The second-order valence-corrected chi connectivity index (χ2v) is 8.15. The monoisotopic (exact) mass is 430 g/mol. The van der Waals surface area contributed by atoms with Crippen molar-refractivity contribution < 1.29 is 18.7 Å². The number of nitrogens with one attached hydrogen (secondary N) is 2. The van der Waals surface area contributed by atoms with E-state index in [-0.39, 0.29) is 11.5 Å². The molecule has 0 saturated carbocycles. The van der Waals surface area contributed by atoms with Crippen molar-refractivity contribution >= 4 is 18.0 Å². The molecule has 1 fully saturated rings. The van der Waals surface area contributed by atoms with Crippen molar-refractivity contribution in [3.8, 4) is 0 Å². The molecule has 2 atom stereocenters. The Kier molecular flexibility index (Phi) is 6.12. The van der Waals surface area contributed by atoms with Crippen LogP contribution in [0.2, 0.25) is 0 Å². The number of benzene rings is 3. The predicted molar refractivity (Wildman–Crippen MR) is 121 cm³/mol. The number of hydrogen-bond acceptors (Lipinski definition) is 2. The van der Waals surface area contributed by atoms with Gasteiger partial charge in [0.25, 0.3) is 5.91 Å². The van der Waals surface area contributed by atoms with Crippen LogP contribution in [0, 0.1) is 5.82 Å². The van der Waals surface area contributed by atoms with E-state index in [4.69, 9.17) is 0 Å². The maximum atomic E-state index is 13.2. The lowest BCUT2D eigenvalue weighted by Gasteiger charge is -2.14. The second kappa shape index (κ2) is 9.14. The fourth-order valence-corrected chi connectivity index (χ4v) is 3.78. The Bertz CT molecular complexity index is 1140. The molecule has 5 nitrogen and oxygen atoms in total. The molecule has 0 bridgehead atoms. The van der Waals surface area contributed by atoms with E-state index in [2.05, 4.69) is 36.7 Å². The highest BCUT2D eigenvalue weighted by Gasteiger charge is 2.47. The van der Waals surface area contributed by atoms with Gasteiger partial charge >= 0.3 is 5.91 Å². The van der Waals surface area contributed by atoms with Crippen LogP contribution in [0.5, 0.6) is 0 Å². The Morgan fingerprint density at radius 3 is 2.28 bits per heavy atom. The maximum Gasteiger partial charge on any atom is 0.304 e. The lowest BCUT2D eigenvalue weighted by molar-refractivity contribution is -0.596. The van der Waals surface area contributed by atoms with E-state index in [9.17, 15) is 14.0 Å². The second-order valence-electron chi connectivity index (χ2n) is 8.15. The van der Waals surface area contributed by atoms with Crippen LogP contribution in [-0.4, -0.2) is 28.8 Å². The molecule has 2 amide bonds. The lowest BCUT2D eigenvalue weighted by Crippen LogP contribution is -2.42. The predicted octanol–water partition coefficient (Wildman–Crippen LogP) is 3.97. The van der Waals surface area contributed by atoms with Gasteiger partial charge in [0.05, 0.1) is 0 Å². The largest absolute Gasteiger partial charge is 0.334 e. The summed E-state index contributed by atoms with van der Waals surface area (Å²) in [7, 11) is 0. The molecule has 1 saturated heterocycles. The van der Waals surface area contributed by atoms with Crippen molar-refractivity contribution in [2.24, 2.45) is 0 Å². The highest BCUT2D eigenvalue weighted by atomic mass is 19.1. The van der Waals surface area contributed by atoms with E-state index in [1.165, 1.54) is 29.8 Å². The van der Waals surface area contributed by atoms with E-state index >= 15 is 0 Å². The Morgan fingerprint density at radius 1 is 1.00 bits per heavy atom. The van der Waals surface area contributed by atoms with Crippen LogP contribution in [0.4, 0.5) is 4.39 Å². The molecule has 1 aliphatic heterocycles. The van der Waals surface area contributed by atoms with Crippen LogP contribution in [0.15, 0.2) is 78.9 Å². The molecule has 0 spiro atoms. The third-order valence-corrected chi connectivity index (χ3v) is 5.56. The zero-order valence-electron chi connectivity index (χ0n) is 18.0. The van der Waals surface area contributed by atoms with Gasteiger partial charge in [0, 0.05) is 16.7 Å². The number of carbonyl (C=O) groups excluding carboxylic acids is 2. The molecule has 4 rings (SSSR count). The number of carbonyl (C=O) groups is 2. The molecule has 0 radical (unpaired) electrons. The smallest absolute Gasteiger partial charge is 0.304 e. The molecule has 0 aromatic heterocycles. The molecule has 2 N–H and O–H groups in total. The third kappa shape index (κ3) is 4.59. The van der Waals surface area contributed by atoms with Gasteiger partial charge in [-0.3, -0.25) is 9.59 Å². The van der Waals surface area contributed by atoms with Crippen molar-refractivity contribution in [3.05, 3.63) is 107 Å². The number of nitrogens with zero attached hydrogens (tertiary/aromatic N) is 1. The van der Waals surface area contributed by atoms with Gasteiger partial charge in [0.2, 0.25) is 12.3 Å². The van der Waals surface area contributed by atoms with Crippen LogP contribution in [0.25, 0.3) is 0 Å². The van der Waals surface area contributed by atoms with Crippen LogP contribution in [0.3, 0.4) is 0 Å². The summed E-state index contributed by atoms with van der Waals surface area (Å²) < 4.78 is 15.0. The van der Waals surface area contributed by atoms with Gasteiger partial charge in [-0.15, -0.1) is 10.1 Å². The molecule has 1 aliphatic rings. The zero-order valence-corrected chi connectivity index (χ0v) is 18.0. The quantitative estimate of drug-likeness (QED) is 0.602. The fourth-order valence-electron chi connectivity index (χ4n) is 3.78. The van der Waals surface area contributed by atoms with E-state index < -0.39 is 23.8 Å². The highest BCUT2D eigenvalue weighted by molar-refractivity contribution is 5.98. The van der Waals surface area contributed by atoms with Crippen molar-refractivity contribution in [1.29, 1.82) is 0 Å². The summed E-state index contributed by atoms with van der Waals surface area (Å²) in [6.07, 6.45) is 1.86. The normalized spacial score (nSPS) is 19.2. The molecule has 0 unspecified atom stereocenters. The molecule has 6 heteroatoms. The lowest BCUT2D eigenvalue weighted by atomic mass is 9.99. The number of amides is 2. The van der Waals surface area contributed by atoms with Gasteiger partial charge in [0.1, 0.15) is 5.82 Å². The van der Waals surface area contributed by atoms with Crippen LogP contribution >= 0.6 is 0 Å². The summed E-state index contributed by atoms with van der Waals surface area (Å²) in [4.78, 5) is 25.6. The minimum atomic E-state index is -0.818. The summed E-state index contributed by atoms with van der Waals surface area (Å²) in [5.41, 5.74) is 6.20. The van der Waals surface area contributed by atoms with Crippen molar-refractivity contribution in [1.82, 2.24) is 10.7 Å². The Hall–Kier alpha value is -3.80. The van der Waals surface area contributed by atoms with E-state index in [0.29, 0.717) is 5.92 Å². The summed E-state index contributed by atoms with van der Waals surface area (Å²) in [6, 6.07) is 21.7. The molecule has 32 heavy (non-hydrogen) atoms. The standard InChI is InChI=1S/C26H24FN3O2/c1-17(2)19-10-8-18(9-11-19)16-30-24(20-6-4-3-5-7-20)23(26(32)29-30)28-25(31)21-12-14-22(27)15-13-21/h3-17,23-24H,1-2H3,(H-,28,29,31,32)/p+1/b30-16-/t23-,24+/m0/s1. The average molecular weight is 431 g/mol. The molecular formula is C26H25FN3O2+. The number of halogens is 1. The Labute approximate surface area is 186 Å². The van der Waals surface area contributed by atoms with Gasteiger partial charge in [-0.2, -0.15) is 0 Å². The van der Waals surface area contributed by atoms with Crippen LogP contribution < -0.4 is 10.7 Å². The zero-order chi connectivity index (χ0) is 22.7. The van der Waals surface area contributed by atoms with Gasteiger partial charge in [-0.25, -0.2) is 4.39 Å². The molecule has 3 aromatic carbocycles. The van der Waals surface area contributed by atoms with E-state index in [1.54, 1.807) is 4.68 Å². The molecule has 0 aliphatic carbocycles. The Balaban J connectivity index is 1.66. The summed E-state index contributed by atoms with van der Waals surface area (Å²) in [5.74, 6) is -0.746. The number of hydrogen-bond donors (Lipinski definition) is 2. The van der Waals surface area contributed by atoms with Crippen molar-refractivity contribution in [2.75, 3.05) is 0 Å². The third-order valence-electron chi connectivity index (χ3n) is 5.56. The first-order valence-electron chi connectivity index (χ1n) is 10.6. The first-order chi connectivity index (χ1) is 15.4. The molecular weight excluding hydrogens is 405 g/mol. The van der Waals surface area contributed by atoms with Crippen molar-refractivity contribution in [3.63, 3.8) is 0 Å². The summed E-state index contributed by atoms with van der Waals surface area (Å²) >= 11 is 0. The van der Waals surface area contributed by atoms with Gasteiger partial charge in [0.15, 0.2) is 6.04 Å². The molecule has 3 aromatic rings. The minimum Gasteiger partial charge on any atom is -0.334 e. The van der Waals surface area contributed by atoms with Crippen molar-refractivity contribution in [2.45, 2.75) is 31.8 Å². The van der Waals surface area contributed by atoms with Crippen LogP contribution in [0.1, 0.15) is 52.9 Å². The molecule has 1 heterocycles. The maximum absolute atomic E-state index is 13.2. The first-order valence-corrected chi connectivity index (χ1v) is 10.6. The van der Waals surface area contributed by atoms with Gasteiger partial charge < -0.3 is 5.32 Å². The van der Waals surface area contributed by atoms with Gasteiger partial charge in [-0.05, 0) is 47.9 Å². The SMILES string of the molecule is CC(C)c1ccc(/C=[N+]2\NC(=O)[C@@H](NC(=O)c3ccc(F)cc3)[C@H]2c2ccccc2)cc1. The summed E-state index contributed by atoms with van der Waals surface area (Å²) in [6.45, 7) is 4.28. The number of hydrazine groups is 1. The first kappa shape index (κ1) is 21.4. The topological polar surface area (TPSA) is 61.2 Å².